The fourth-order valence-electron chi connectivity index (χ4n) is 5.44. The van der Waals surface area contributed by atoms with Crippen LogP contribution in [-0.2, 0) is 20.9 Å². The molecule has 43 heavy (non-hydrogen) atoms. The van der Waals surface area contributed by atoms with Gasteiger partial charge in [-0.15, -0.1) is 0 Å². The van der Waals surface area contributed by atoms with Crippen LogP contribution < -0.4 is 4.18 Å². The predicted octanol–water partition coefficient (Wildman–Crippen LogP) is 7.86. The van der Waals surface area contributed by atoms with Gasteiger partial charge in [0.05, 0.1) is 0 Å². The van der Waals surface area contributed by atoms with Gasteiger partial charge < -0.3 is 19.5 Å². The molecule has 0 saturated carbocycles. The molecule has 0 spiro atoms. The van der Waals surface area contributed by atoms with E-state index >= 15 is 0 Å². The second kappa shape index (κ2) is 10.6. The Bertz CT molecular complexity index is 2000. The van der Waals surface area contributed by atoms with Crippen molar-refractivity contribution < 1.29 is 27.9 Å². The van der Waals surface area contributed by atoms with E-state index in [2.05, 4.69) is 4.98 Å². The molecule has 5 aromatic rings. The first kappa shape index (κ1) is 29.4. The van der Waals surface area contributed by atoms with Crippen molar-refractivity contribution in [3.05, 3.63) is 124 Å². The fraction of sp³-hybridized carbons (Fsp3) is 0.176. The summed E-state index contributed by atoms with van der Waals surface area (Å²) in [5.74, 6) is -0.349. The maximum atomic E-state index is 13.3. The molecule has 0 aliphatic carbocycles. The molecule has 3 N–H and O–H groups in total. The van der Waals surface area contributed by atoms with Gasteiger partial charge in [0.1, 0.15) is 22.1 Å². The zero-order chi connectivity index (χ0) is 31.2. The number of phenolic OH excluding ortho intramolecular Hbond substituents is 3. The molecule has 0 saturated heterocycles. The predicted molar refractivity (Wildman–Crippen MR) is 165 cm³/mol. The molecule has 218 valence electrons. The molecule has 0 aliphatic heterocycles. The number of hydrogen-bond donors (Lipinski definition) is 3. The third-order valence-corrected chi connectivity index (χ3v) is 9.39. The molecule has 0 amide bonds. The highest BCUT2D eigenvalue weighted by Gasteiger charge is 2.33. The second-order valence-corrected chi connectivity index (χ2v) is 13.0. The van der Waals surface area contributed by atoms with Crippen molar-refractivity contribution in [3.63, 3.8) is 0 Å². The fourth-order valence-corrected chi connectivity index (χ4v) is 6.59. The topological polar surface area (TPSA) is 132 Å². The van der Waals surface area contributed by atoms with Crippen molar-refractivity contribution in [2.75, 3.05) is 0 Å². The molecule has 0 aliphatic rings. The summed E-state index contributed by atoms with van der Waals surface area (Å²) in [5.41, 5.74) is 1.66. The molecule has 0 fully saturated rings. The van der Waals surface area contributed by atoms with Crippen LogP contribution in [0, 0.1) is 5.39 Å². The number of aromatic hydroxyl groups is 3. The number of diazo groups is 1. The van der Waals surface area contributed by atoms with Crippen LogP contribution in [0.3, 0.4) is 0 Å². The smallest absolute Gasteiger partial charge is 0.426 e. The number of nitrogens with zero attached hydrogens (tertiary/aromatic N) is 2. The molecule has 8 nitrogen and oxygen atoms in total. The first-order chi connectivity index (χ1) is 20.3. The highest BCUT2D eigenvalue weighted by molar-refractivity contribution is 7.87. The Kier molecular flexibility index (Phi) is 7.28. The number of rotatable bonds is 7. The number of hydrogen-bond acceptors (Lipinski definition) is 7. The first-order valence-corrected chi connectivity index (χ1v) is 15.0. The highest BCUT2D eigenvalue weighted by Crippen LogP contribution is 2.45. The van der Waals surface area contributed by atoms with E-state index in [0.717, 1.165) is 11.1 Å². The summed E-state index contributed by atoms with van der Waals surface area (Å²) in [6, 6.07) is 26.6. The van der Waals surface area contributed by atoms with Gasteiger partial charge in [-0.1, -0.05) is 82.3 Å². The van der Waals surface area contributed by atoms with Gasteiger partial charge in [0.2, 0.25) is 11.1 Å². The van der Waals surface area contributed by atoms with Gasteiger partial charge in [0, 0.05) is 44.9 Å². The summed E-state index contributed by atoms with van der Waals surface area (Å²) in [5, 5.41) is 41.6. The van der Waals surface area contributed by atoms with Gasteiger partial charge in [0.15, 0.2) is 4.98 Å². The maximum absolute atomic E-state index is 13.3. The lowest BCUT2D eigenvalue weighted by Crippen LogP contribution is -2.23. The minimum atomic E-state index is -4.31. The minimum Gasteiger partial charge on any atom is -0.507 e. The summed E-state index contributed by atoms with van der Waals surface area (Å²) in [4.78, 5) is 2.86. The van der Waals surface area contributed by atoms with Gasteiger partial charge in [0.25, 0.3) is 0 Å². The third-order valence-electron chi connectivity index (χ3n) is 8.09. The van der Waals surface area contributed by atoms with E-state index in [0.29, 0.717) is 11.1 Å². The molecule has 0 unspecified atom stereocenters. The summed E-state index contributed by atoms with van der Waals surface area (Å²) in [7, 11) is -4.31. The van der Waals surface area contributed by atoms with Crippen LogP contribution in [0.15, 0.2) is 102 Å². The van der Waals surface area contributed by atoms with Crippen molar-refractivity contribution in [1.29, 1.82) is 5.39 Å². The number of fused-ring (bicyclic) bond motifs is 1. The van der Waals surface area contributed by atoms with Crippen LogP contribution >= 0.6 is 0 Å². The van der Waals surface area contributed by atoms with Crippen LogP contribution in [0.25, 0.3) is 15.7 Å². The van der Waals surface area contributed by atoms with Gasteiger partial charge in [-0.3, -0.25) is 0 Å². The van der Waals surface area contributed by atoms with Crippen molar-refractivity contribution in [2.24, 2.45) is 0 Å². The van der Waals surface area contributed by atoms with E-state index < -0.39 is 20.9 Å². The molecular formula is C34H31N2O6S+. The Morgan fingerprint density at radius 2 is 1.26 bits per heavy atom. The highest BCUT2D eigenvalue weighted by atomic mass is 32.2. The van der Waals surface area contributed by atoms with E-state index in [1.165, 1.54) is 48.5 Å². The largest absolute Gasteiger partial charge is 0.507 e. The van der Waals surface area contributed by atoms with E-state index in [1.807, 2.05) is 64.1 Å². The Balaban J connectivity index is 1.47. The van der Waals surface area contributed by atoms with Crippen LogP contribution in [0.5, 0.6) is 23.0 Å². The number of benzene rings is 5. The molecule has 0 aromatic heterocycles. The summed E-state index contributed by atoms with van der Waals surface area (Å²) >= 11 is 0. The second-order valence-electron chi connectivity index (χ2n) is 11.4. The van der Waals surface area contributed by atoms with E-state index in [9.17, 15) is 23.7 Å². The minimum absolute atomic E-state index is 0.0106. The summed E-state index contributed by atoms with van der Waals surface area (Å²) in [6.45, 7) is 7.88. The lowest BCUT2D eigenvalue weighted by atomic mass is 9.72. The molecule has 0 radical (unpaired) electrons. The lowest BCUT2D eigenvalue weighted by Gasteiger charge is -2.32. The van der Waals surface area contributed by atoms with Crippen LogP contribution in [0.1, 0.15) is 49.9 Å². The van der Waals surface area contributed by atoms with Crippen molar-refractivity contribution in [3.8, 4) is 23.0 Å². The maximum Gasteiger partial charge on any atom is 0.426 e. The first-order valence-electron chi connectivity index (χ1n) is 13.5. The van der Waals surface area contributed by atoms with Crippen molar-refractivity contribution in [2.45, 2.75) is 43.4 Å². The molecule has 0 bridgehead atoms. The SMILES string of the molecule is CC(C)(c1ccccc1)c1cc(C(C)(C)c2ccc(OS(=O)(=O)c3cccc4c(O)c([N+]#N)ccc34)cc2)c(O)cc1O. The van der Waals surface area contributed by atoms with E-state index in [1.54, 1.807) is 12.1 Å². The Hall–Kier alpha value is -5.07. The molecule has 5 aromatic carbocycles. The van der Waals surface area contributed by atoms with Gasteiger partial charge in [-0.25, -0.2) is 0 Å². The molecule has 0 atom stereocenters. The standard InChI is InChI=1S/C34H30N2O6S/c1-33(2,21-9-6-5-7-10-21)26-19-27(30(38)20-29(26)37)34(3,4)22-13-15-23(16-14-22)42-43(40,41)31-12-8-11-25-24(31)17-18-28(36-35)32(25)39/h5-20H,1-4H3,(H2-,37,38,39)/p+1. The average Bonchev–Trinajstić information content (AvgIpc) is 2.97. The summed E-state index contributed by atoms with van der Waals surface area (Å²) in [6.07, 6.45) is 0. The monoisotopic (exact) mass is 595 g/mol. The van der Waals surface area contributed by atoms with Crippen LogP contribution in [0.2, 0.25) is 0 Å². The molecule has 9 heteroatoms. The average molecular weight is 596 g/mol. The normalized spacial score (nSPS) is 12.2. The van der Waals surface area contributed by atoms with E-state index in [4.69, 9.17) is 9.58 Å². The van der Waals surface area contributed by atoms with Gasteiger partial charge in [-0.2, -0.15) is 8.42 Å². The van der Waals surface area contributed by atoms with Crippen LogP contribution in [0.4, 0.5) is 5.69 Å². The molecular weight excluding hydrogens is 564 g/mol. The zero-order valence-corrected chi connectivity index (χ0v) is 24.9. The Morgan fingerprint density at radius 1 is 0.674 bits per heavy atom. The molecule has 5 rings (SSSR count). The van der Waals surface area contributed by atoms with Gasteiger partial charge in [-0.05, 0) is 41.5 Å². The lowest BCUT2D eigenvalue weighted by molar-refractivity contribution is 0.424. The Morgan fingerprint density at radius 3 is 1.84 bits per heavy atom. The number of phenols is 3. The third kappa shape index (κ3) is 5.22. The van der Waals surface area contributed by atoms with Crippen LogP contribution in [-0.4, -0.2) is 23.7 Å². The summed E-state index contributed by atoms with van der Waals surface area (Å²) < 4.78 is 32.0. The Labute approximate surface area is 250 Å². The quantitative estimate of drug-likeness (QED) is 0.129. The van der Waals surface area contributed by atoms with Crippen molar-refractivity contribution >= 4 is 26.6 Å². The van der Waals surface area contributed by atoms with E-state index in [-0.39, 0.29) is 44.4 Å². The zero-order valence-electron chi connectivity index (χ0n) is 24.1. The van der Waals surface area contributed by atoms with Gasteiger partial charge >= 0.3 is 15.8 Å². The van der Waals surface area contributed by atoms with Crippen molar-refractivity contribution in [1.82, 2.24) is 0 Å². The molecule has 0 heterocycles.